The lowest BCUT2D eigenvalue weighted by Crippen LogP contribution is -2.14. The van der Waals surface area contributed by atoms with Gasteiger partial charge in [0.2, 0.25) is 0 Å². The van der Waals surface area contributed by atoms with Crippen molar-refractivity contribution in [2.75, 3.05) is 5.32 Å². The Morgan fingerprint density at radius 2 is 1.79 bits per heavy atom. The molecule has 0 atom stereocenters. The minimum Gasteiger partial charge on any atom is -0.321 e. The summed E-state index contributed by atoms with van der Waals surface area (Å²) in [6.07, 6.45) is 1.63. The lowest BCUT2D eigenvalue weighted by atomic mass is 10.1. The van der Waals surface area contributed by atoms with Gasteiger partial charge in [-0.1, -0.05) is 29.8 Å². The molecular formula is C23H20ClN3O. The Morgan fingerprint density at radius 1 is 1.11 bits per heavy atom. The number of aryl methyl sites for hydroxylation is 2. The molecule has 0 aliphatic rings. The second kappa shape index (κ2) is 8.16. The number of carbonyl (C=O) groups excluding carboxylic acids is 1. The first-order valence-corrected chi connectivity index (χ1v) is 9.22. The largest absolute Gasteiger partial charge is 0.321 e. The molecule has 0 unspecified atom stereocenters. The lowest BCUT2D eigenvalue weighted by Gasteiger charge is -2.10. The van der Waals surface area contributed by atoms with Crippen LogP contribution >= 0.6 is 11.6 Å². The van der Waals surface area contributed by atoms with Crippen LogP contribution in [0.1, 0.15) is 22.5 Å². The Kier molecular flexibility index (Phi) is 5.67. The van der Waals surface area contributed by atoms with Crippen LogP contribution in [-0.2, 0) is 4.79 Å². The van der Waals surface area contributed by atoms with E-state index in [0.717, 1.165) is 28.2 Å². The smallest absolute Gasteiger partial charge is 0.266 e. The van der Waals surface area contributed by atoms with Crippen LogP contribution in [0, 0.1) is 32.1 Å². The van der Waals surface area contributed by atoms with Crippen LogP contribution in [0.3, 0.4) is 0 Å². The van der Waals surface area contributed by atoms with E-state index in [-0.39, 0.29) is 5.57 Å². The Balaban J connectivity index is 1.94. The van der Waals surface area contributed by atoms with Gasteiger partial charge in [0, 0.05) is 27.8 Å². The van der Waals surface area contributed by atoms with Crippen LogP contribution in [0.4, 0.5) is 5.69 Å². The van der Waals surface area contributed by atoms with E-state index in [4.69, 9.17) is 11.6 Å². The first kappa shape index (κ1) is 19.5. The van der Waals surface area contributed by atoms with Crippen molar-refractivity contribution in [3.63, 3.8) is 0 Å². The second-order valence-electron chi connectivity index (χ2n) is 6.58. The summed E-state index contributed by atoms with van der Waals surface area (Å²) in [6, 6.07) is 19.0. The molecule has 0 saturated carbocycles. The first-order chi connectivity index (χ1) is 13.4. The van der Waals surface area contributed by atoms with E-state index in [2.05, 4.69) is 9.88 Å². The molecule has 3 rings (SSSR count). The van der Waals surface area contributed by atoms with Crippen LogP contribution in [0.5, 0.6) is 0 Å². The summed E-state index contributed by atoms with van der Waals surface area (Å²) in [5.74, 6) is -0.423. The Morgan fingerprint density at radius 3 is 2.43 bits per heavy atom. The maximum absolute atomic E-state index is 12.6. The summed E-state index contributed by atoms with van der Waals surface area (Å²) in [5.41, 5.74) is 5.43. The molecule has 0 aliphatic carbocycles. The highest BCUT2D eigenvalue weighted by Gasteiger charge is 2.14. The van der Waals surface area contributed by atoms with Crippen molar-refractivity contribution in [2.24, 2.45) is 0 Å². The predicted octanol–water partition coefficient (Wildman–Crippen LogP) is 5.60. The van der Waals surface area contributed by atoms with E-state index in [1.807, 2.05) is 81.4 Å². The van der Waals surface area contributed by atoms with Gasteiger partial charge in [-0.15, -0.1) is 0 Å². The molecule has 140 valence electrons. The quantitative estimate of drug-likeness (QED) is 0.466. The molecule has 4 nitrogen and oxygen atoms in total. The first-order valence-electron chi connectivity index (χ1n) is 8.84. The highest BCUT2D eigenvalue weighted by atomic mass is 35.5. The fourth-order valence-corrected chi connectivity index (χ4v) is 3.25. The minimum absolute atomic E-state index is 0.0552. The number of hydrogen-bond donors (Lipinski definition) is 1. The third-order valence-corrected chi connectivity index (χ3v) is 4.87. The summed E-state index contributed by atoms with van der Waals surface area (Å²) in [6.45, 7) is 5.85. The van der Waals surface area contributed by atoms with Crippen LogP contribution in [0.25, 0.3) is 11.8 Å². The third kappa shape index (κ3) is 4.00. The SMILES string of the molecule is Cc1ccccc1NC(=O)C(C#N)=Cc1cc(C)n(-c2ccc(Cl)cc2)c1C. The average molecular weight is 390 g/mol. The molecule has 0 saturated heterocycles. The normalized spacial score (nSPS) is 11.2. The predicted molar refractivity (Wildman–Crippen MR) is 114 cm³/mol. The van der Waals surface area contributed by atoms with Gasteiger partial charge in [-0.25, -0.2) is 0 Å². The molecule has 1 amide bonds. The standard InChI is InChI=1S/C23H20ClN3O/c1-15-6-4-5-7-22(15)26-23(28)19(14-25)13-18-12-16(2)27(17(18)3)21-10-8-20(24)9-11-21/h4-13H,1-3H3,(H,26,28). The number of para-hydroxylation sites is 1. The lowest BCUT2D eigenvalue weighted by molar-refractivity contribution is -0.112. The summed E-state index contributed by atoms with van der Waals surface area (Å²) >= 11 is 5.98. The van der Waals surface area contributed by atoms with Crippen LogP contribution < -0.4 is 5.32 Å². The third-order valence-electron chi connectivity index (χ3n) is 4.61. The zero-order chi connectivity index (χ0) is 20.3. The second-order valence-corrected chi connectivity index (χ2v) is 7.01. The molecule has 0 spiro atoms. The summed E-state index contributed by atoms with van der Waals surface area (Å²) in [4.78, 5) is 12.6. The molecular weight excluding hydrogens is 370 g/mol. The number of nitrogens with zero attached hydrogens (tertiary/aromatic N) is 2. The molecule has 2 aromatic carbocycles. The maximum atomic E-state index is 12.6. The highest BCUT2D eigenvalue weighted by Crippen LogP contribution is 2.24. The fourth-order valence-electron chi connectivity index (χ4n) is 3.13. The van der Waals surface area contributed by atoms with Crippen molar-refractivity contribution in [3.05, 3.63) is 87.7 Å². The molecule has 0 aliphatic heterocycles. The zero-order valence-electron chi connectivity index (χ0n) is 16.0. The van der Waals surface area contributed by atoms with E-state index in [1.165, 1.54) is 0 Å². The van der Waals surface area contributed by atoms with Crippen molar-refractivity contribution in [1.82, 2.24) is 4.57 Å². The van der Waals surface area contributed by atoms with E-state index in [9.17, 15) is 10.1 Å². The Hall–Kier alpha value is -3.29. The van der Waals surface area contributed by atoms with Crippen molar-refractivity contribution in [1.29, 1.82) is 5.26 Å². The topological polar surface area (TPSA) is 57.8 Å². The summed E-state index contributed by atoms with van der Waals surface area (Å²) in [7, 11) is 0. The van der Waals surface area contributed by atoms with Gasteiger partial charge in [-0.3, -0.25) is 4.79 Å². The van der Waals surface area contributed by atoms with Crippen LogP contribution in [0.15, 0.2) is 60.2 Å². The molecule has 1 heterocycles. The minimum atomic E-state index is -0.423. The van der Waals surface area contributed by atoms with Gasteiger partial charge in [-0.05, 0) is 74.4 Å². The van der Waals surface area contributed by atoms with E-state index in [0.29, 0.717) is 10.7 Å². The van der Waals surface area contributed by atoms with Crippen molar-refractivity contribution in [2.45, 2.75) is 20.8 Å². The number of amides is 1. The number of hydrogen-bond acceptors (Lipinski definition) is 2. The number of halogens is 1. The molecule has 0 radical (unpaired) electrons. The summed E-state index contributed by atoms with van der Waals surface area (Å²) in [5, 5.41) is 13.0. The van der Waals surface area contributed by atoms with Gasteiger partial charge in [-0.2, -0.15) is 5.26 Å². The number of benzene rings is 2. The van der Waals surface area contributed by atoms with E-state index >= 15 is 0 Å². The van der Waals surface area contributed by atoms with Crippen LogP contribution in [-0.4, -0.2) is 10.5 Å². The molecule has 1 aromatic heterocycles. The number of carbonyl (C=O) groups is 1. The molecule has 5 heteroatoms. The summed E-state index contributed by atoms with van der Waals surface area (Å²) < 4.78 is 2.07. The molecule has 28 heavy (non-hydrogen) atoms. The molecule has 3 aromatic rings. The fraction of sp³-hybridized carbons (Fsp3) is 0.130. The molecule has 0 fully saturated rings. The van der Waals surface area contributed by atoms with Crippen molar-refractivity contribution in [3.8, 4) is 11.8 Å². The molecule has 1 N–H and O–H groups in total. The highest BCUT2D eigenvalue weighted by molar-refractivity contribution is 6.30. The van der Waals surface area contributed by atoms with Gasteiger partial charge >= 0.3 is 0 Å². The zero-order valence-corrected chi connectivity index (χ0v) is 16.7. The number of nitriles is 1. The Bertz CT molecular complexity index is 1100. The van der Waals surface area contributed by atoms with Gasteiger partial charge in [0.25, 0.3) is 5.91 Å². The van der Waals surface area contributed by atoms with Crippen molar-refractivity contribution < 1.29 is 4.79 Å². The number of rotatable bonds is 4. The molecule has 0 bridgehead atoms. The van der Waals surface area contributed by atoms with Gasteiger partial charge in [0.15, 0.2) is 0 Å². The number of anilines is 1. The van der Waals surface area contributed by atoms with Gasteiger partial charge < -0.3 is 9.88 Å². The van der Waals surface area contributed by atoms with Crippen molar-refractivity contribution >= 4 is 29.3 Å². The Labute approximate surface area is 169 Å². The van der Waals surface area contributed by atoms with Crippen LogP contribution in [0.2, 0.25) is 5.02 Å². The van der Waals surface area contributed by atoms with Gasteiger partial charge in [0.1, 0.15) is 11.6 Å². The maximum Gasteiger partial charge on any atom is 0.266 e. The number of aromatic nitrogens is 1. The monoisotopic (exact) mass is 389 g/mol. The van der Waals surface area contributed by atoms with E-state index in [1.54, 1.807) is 6.08 Å². The van der Waals surface area contributed by atoms with Gasteiger partial charge in [0.05, 0.1) is 0 Å². The van der Waals surface area contributed by atoms with E-state index < -0.39 is 5.91 Å². The number of nitrogens with one attached hydrogen (secondary N) is 1. The average Bonchev–Trinajstić information content (AvgIpc) is 2.95.